The Labute approximate surface area is 303 Å². The van der Waals surface area contributed by atoms with Crippen LogP contribution in [0.5, 0.6) is 0 Å². The van der Waals surface area contributed by atoms with Crippen molar-refractivity contribution >= 4 is 45.8 Å². The molecule has 0 radical (unpaired) electrons. The van der Waals surface area contributed by atoms with E-state index in [2.05, 4.69) is 21.2 Å². The minimum Gasteiger partial charge on any atom is -0.462 e. The molecule has 0 bridgehead atoms. The van der Waals surface area contributed by atoms with Gasteiger partial charge < -0.3 is 28.4 Å². The maximum Gasteiger partial charge on any atom is 0.331 e. The summed E-state index contributed by atoms with van der Waals surface area (Å²) in [5, 5.41) is 3.34. The van der Waals surface area contributed by atoms with Gasteiger partial charge in [0.2, 0.25) is 0 Å². The van der Waals surface area contributed by atoms with Crippen LogP contribution in [0.3, 0.4) is 0 Å². The standard InChI is InChI=1S/C37H52BrNO11/c1-34(2,3)30(41)45-19-23-26(48-31(42)35(4,5)6)27(49-32(43)36(7,8)9)28(50-33(44)37(10,11)12)29(47-23)39-25(22-17-18-24(40)46-22)20-13-15-21(38)16-14-20/h13-18,22-23,25-29,39H,19H2,1-12H3/t22-,23+,25+,26-,27-,28+,29+/m0/s1. The molecule has 1 fully saturated rings. The van der Waals surface area contributed by atoms with Crippen LogP contribution in [0.1, 0.15) is 94.7 Å². The molecule has 1 N–H and O–H groups in total. The smallest absolute Gasteiger partial charge is 0.331 e. The first-order valence-corrected chi connectivity index (χ1v) is 17.4. The highest BCUT2D eigenvalue weighted by molar-refractivity contribution is 9.10. The van der Waals surface area contributed by atoms with Crippen molar-refractivity contribution in [1.29, 1.82) is 0 Å². The number of cyclic esters (lactones) is 1. The summed E-state index contributed by atoms with van der Waals surface area (Å²) >= 11 is 3.45. The van der Waals surface area contributed by atoms with Crippen molar-refractivity contribution < 1.29 is 52.4 Å². The molecule has 13 heteroatoms. The lowest BCUT2D eigenvalue weighted by molar-refractivity contribution is -0.266. The molecule has 0 spiro atoms. The minimum absolute atomic E-state index is 0.402. The molecular weight excluding hydrogens is 714 g/mol. The number of hydrogen-bond donors (Lipinski definition) is 1. The maximum atomic E-state index is 13.6. The number of halogens is 1. The van der Waals surface area contributed by atoms with Crippen molar-refractivity contribution in [2.24, 2.45) is 21.7 Å². The lowest BCUT2D eigenvalue weighted by Crippen LogP contribution is -2.67. The quantitative estimate of drug-likeness (QED) is 0.241. The first-order valence-electron chi connectivity index (χ1n) is 16.7. The number of esters is 5. The van der Waals surface area contributed by atoms with E-state index in [1.807, 2.05) is 24.3 Å². The summed E-state index contributed by atoms with van der Waals surface area (Å²) in [4.78, 5) is 65.8. The minimum atomic E-state index is -1.43. The molecule has 0 amide bonds. The summed E-state index contributed by atoms with van der Waals surface area (Å²) in [7, 11) is 0. The van der Waals surface area contributed by atoms with E-state index in [9.17, 15) is 24.0 Å². The van der Waals surface area contributed by atoms with Crippen molar-refractivity contribution in [2.75, 3.05) is 6.61 Å². The van der Waals surface area contributed by atoms with Crippen LogP contribution < -0.4 is 5.32 Å². The normalized spacial score (nSPS) is 24.9. The number of carbonyl (C=O) groups is 5. The van der Waals surface area contributed by atoms with Crippen LogP contribution in [0.15, 0.2) is 40.9 Å². The second kappa shape index (κ2) is 15.5. The van der Waals surface area contributed by atoms with Gasteiger partial charge in [0, 0.05) is 10.5 Å². The molecule has 1 aromatic rings. The van der Waals surface area contributed by atoms with Crippen LogP contribution in [-0.2, 0) is 52.4 Å². The van der Waals surface area contributed by atoms with Gasteiger partial charge >= 0.3 is 29.8 Å². The number of carbonyl (C=O) groups excluding carboxylic acids is 5. The molecule has 0 saturated carbocycles. The van der Waals surface area contributed by atoms with E-state index in [4.69, 9.17) is 28.4 Å². The van der Waals surface area contributed by atoms with Crippen LogP contribution in [0.25, 0.3) is 0 Å². The van der Waals surface area contributed by atoms with E-state index < -0.39 is 101 Å². The fourth-order valence-corrected chi connectivity index (χ4v) is 4.92. The van der Waals surface area contributed by atoms with Gasteiger partial charge in [-0.2, -0.15) is 0 Å². The first-order chi connectivity index (χ1) is 22.8. The van der Waals surface area contributed by atoms with Crippen LogP contribution in [0, 0.1) is 21.7 Å². The first kappa shape index (κ1) is 41.1. The number of hydrogen-bond acceptors (Lipinski definition) is 12. The van der Waals surface area contributed by atoms with E-state index in [-0.39, 0.29) is 0 Å². The Morgan fingerprint density at radius 2 is 1.18 bits per heavy atom. The van der Waals surface area contributed by atoms with Gasteiger partial charge in [-0.3, -0.25) is 24.5 Å². The molecule has 2 aliphatic rings. The lowest BCUT2D eigenvalue weighted by Gasteiger charge is -2.47. The Balaban J connectivity index is 2.23. The van der Waals surface area contributed by atoms with Crippen molar-refractivity contribution in [1.82, 2.24) is 5.32 Å². The van der Waals surface area contributed by atoms with E-state index in [0.29, 0.717) is 5.56 Å². The molecule has 7 atom stereocenters. The Morgan fingerprint density at radius 1 is 0.720 bits per heavy atom. The van der Waals surface area contributed by atoms with Gasteiger partial charge in [0.15, 0.2) is 24.5 Å². The molecule has 1 aromatic carbocycles. The molecule has 0 unspecified atom stereocenters. The van der Waals surface area contributed by atoms with E-state index in [0.717, 1.165) is 4.47 Å². The Morgan fingerprint density at radius 3 is 1.62 bits per heavy atom. The highest BCUT2D eigenvalue weighted by Crippen LogP contribution is 2.36. The lowest BCUT2D eigenvalue weighted by atomic mass is 9.92. The molecule has 2 heterocycles. The zero-order valence-electron chi connectivity index (χ0n) is 31.1. The molecule has 1 saturated heterocycles. The fourth-order valence-electron chi connectivity index (χ4n) is 4.66. The topological polar surface area (TPSA) is 153 Å². The molecule has 0 aliphatic carbocycles. The van der Waals surface area contributed by atoms with Crippen molar-refractivity contribution in [2.45, 2.75) is 126 Å². The highest BCUT2D eigenvalue weighted by atomic mass is 79.9. The zero-order chi connectivity index (χ0) is 38.0. The predicted molar refractivity (Wildman–Crippen MR) is 186 cm³/mol. The zero-order valence-corrected chi connectivity index (χ0v) is 32.7. The van der Waals surface area contributed by atoms with Crippen LogP contribution in [-0.4, -0.2) is 73.2 Å². The van der Waals surface area contributed by atoms with Gasteiger partial charge in [0.05, 0.1) is 27.7 Å². The summed E-state index contributed by atoms with van der Waals surface area (Å²) < 4.78 is 36.9. The second-order valence-corrected chi connectivity index (χ2v) is 17.7. The average Bonchev–Trinajstić information content (AvgIpc) is 3.41. The van der Waals surface area contributed by atoms with Gasteiger partial charge in [-0.15, -0.1) is 0 Å². The van der Waals surface area contributed by atoms with Gasteiger partial charge in [0.1, 0.15) is 18.8 Å². The van der Waals surface area contributed by atoms with E-state index in [1.54, 1.807) is 89.2 Å². The molecule has 50 heavy (non-hydrogen) atoms. The summed E-state index contributed by atoms with van der Waals surface area (Å²) in [6.45, 7) is 19.6. The predicted octanol–water partition coefficient (Wildman–Crippen LogP) is 5.75. The molecular formula is C37H52BrNO11. The largest absolute Gasteiger partial charge is 0.462 e. The van der Waals surface area contributed by atoms with Crippen molar-refractivity contribution in [3.8, 4) is 0 Å². The van der Waals surface area contributed by atoms with Crippen LogP contribution in [0.2, 0.25) is 0 Å². The van der Waals surface area contributed by atoms with Crippen LogP contribution in [0.4, 0.5) is 0 Å². The average molecular weight is 767 g/mol. The summed E-state index contributed by atoms with van der Waals surface area (Å²) in [5.41, 5.74) is -3.21. The van der Waals surface area contributed by atoms with Gasteiger partial charge in [-0.1, -0.05) is 28.1 Å². The highest BCUT2D eigenvalue weighted by Gasteiger charge is 2.55. The van der Waals surface area contributed by atoms with E-state index in [1.165, 1.54) is 6.08 Å². The number of ether oxygens (including phenoxy) is 6. The third-order valence-electron chi connectivity index (χ3n) is 7.77. The number of nitrogens with one attached hydrogen (secondary N) is 1. The maximum absolute atomic E-state index is 13.6. The summed E-state index contributed by atoms with van der Waals surface area (Å²) in [5.74, 6) is -3.07. The third-order valence-corrected chi connectivity index (χ3v) is 8.30. The second-order valence-electron chi connectivity index (χ2n) is 16.8. The van der Waals surface area contributed by atoms with Gasteiger partial charge in [0.25, 0.3) is 0 Å². The third kappa shape index (κ3) is 10.9. The van der Waals surface area contributed by atoms with Crippen molar-refractivity contribution in [3.63, 3.8) is 0 Å². The molecule has 0 aromatic heterocycles. The Hall–Kier alpha value is -3.29. The van der Waals surface area contributed by atoms with Crippen molar-refractivity contribution in [3.05, 3.63) is 46.5 Å². The Kier molecular flexibility index (Phi) is 12.8. The molecule has 2 aliphatic heterocycles. The molecule has 278 valence electrons. The summed E-state index contributed by atoms with van der Waals surface area (Å²) in [6.07, 6.45) is -4.61. The van der Waals surface area contributed by atoms with Gasteiger partial charge in [-0.05, 0) is 107 Å². The molecule has 12 nitrogen and oxygen atoms in total. The van der Waals surface area contributed by atoms with Crippen LogP contribution >= 0.6 is 15.9 Å². The van der Waals surface area contributed by atoms with Gasteiger partial charge in [-0.25, -0.2) is 4.79 Å². The molecule has 3 rings (SSSR count). The van der Waals surface area contributed by atoms with E-state index >= 15 is 0 Å². The number of benzene rings is 1. The summed E-state index contributed by atoms with van der Waals surface area (Å²) in [6, 6.07) is 6.49. The monoisotopic (exact) mass is 765 g/mol. The number of rotatable bonds is 9. The fraction of sp³-hybridized carbons (Fsp3) is 0.649. The Bertz CT molecular complexity index is 1440. The SMILES string of the molecule is CC(C)(C)C(=O)OC[C@H]1O[C@@H](N[C@H](c2ccc(Br)cc2)[C@@H]2C=CC(=O)O2)[C@H](OC(=O)C(C)(C)C)[C@@H](OC(=O)C(C)(C)C)[C@H]1OC(=O)C(C)(C)C.